The molecule has 0 aliphatic carbocycles. The van der Waals surface area contributed by atoms with E-state index in [0.717, 1.165) is 0 Å². The number of ether oxygens (including phenoxy) is 1. The van der Waals surface area contributed by atoms with Crippen LogP contribution in [0.2, 0.25) is 0 Å². The van der Waals surface area contributed by atoms with Crippen LogP contribution in [0.4, 0.5) is 30.4 Å². The molecule has 0 bridgehead atoms. The van der Waals surface area contributed by atoms with Crippen molar-refractivity contribution in [3.8, 4) is 5.75 Å². The van der Waals surface area contributed by atoms with E-state index in [4.69, 9.17) is 5.73 Å². The number of benzene rings is 1. The van der Waals surface area contributed by atoms with E-state index < -0.39 is 6.36 Å². The minimum atomic E-state index is -4.74. The number of alkyl halides is 3. The molecule has 0 unspecified atom stereocenters. The van der Waals surface area contributed by atoms with Crippen LogP contribution in [0.25, 0.3) is 0 Å². The number of hydrogen-bond acceptors (Lipinski definition) is 4. The van der Waals surface area contributed by atoms with Gasteiger partial charge in [-0.1, -0.05) is 0 Å². The minimum Gasteiger partial charge on any atom is -0.405 e. The second-order valence-corrected chi connectivity index (χ2v) is 5.14. The first kappa shape index (κ1) is 15.5. The Morgan fingerprint density at radius 3 is 2.52 bits per heavy atom. The fraction of sp³-hybridized carbons (Fsp3) is 0.250. The summed E-state index contributed by atoms with van der Waals surface area (Å²) < 4.78 is 42.2. The van der Waals surface area contributed by atoms with Crippen LogP contribution >= 0.6 is 15.9 Å². The average molecular weight is 365 g/mol. The van der Waals surface area contributed by atoms with Gasteiger partial charge in [0.1, 0.15) is 5.75 Å². The van der Waals surface area contributed by atoms with Crippen molar-refractivity contribution in [1.82, 2.24) is 9.78 Å². The van der Waals surface area contributed by atoms with Crippen LogP contribution < -0.4 is 15.8 Å². The second kappa shape index (κ2) is 5.47. The number of aryl methyl sites for hydroxylation is 2. The lowest BCUT2D eigenvalue weighted by molar-refractivity contribution is -0.274. The van der Waals surface area contributed by atoms with Crippen LogP contribution in [0, 0.1) is 6.92 Å². The van der Waals surface area contributed by atoms with E-state index in [9.17, 15) is 13.2 Å². The summed E-state index contributed by atoms with van der Waals surface area (Å²) in [6, 6.07) is 4.12. The molecule has 0 aliphatic heterocycles. The zero-order valence-corrected chi connectivity index (χ0v) is 12.7. The predicted octanol–water partition coefficient (Wildman–Crippen LogP) is 3.72. The molecule has 0 aliphatic rings. The van der Waals surface area contributed by atoms with Gasteiger partial charge in [0.2, 0.25) is 0 Å². The fourth-order valence-corrected chi connectivity index (χ4v) is 2.21. The molecular weight excluding hydrogens is 353 g/mol. The van der Waals surface area contributed by atoms with Crippen LogP contribution in [-0.4, -0.2) is 16.1 Å². The van der Waals surface area contributed by atoms with E-state index in [1.54, 1.807) is 18.7 Å². The summed E-state index contributed by atoms with van der Waals surface area (Å²) in [5.41, 5.74) is 7.56. The van der Waals surface area contributed by atoms with E-state index >= 15 is 0 Å². The SMILES string of the molecule is Cc1nn(C)c(Nc2ccc(OC(F)(F)F)c(Br)c2)c1N. The average Bonchev–Trinajstić information content (AvgIpc) is 2.58. The molecule has 1 aromatic heterocycles. The van der Waals surface area contributed by atoms with Gasteiger partial charge in [0.15, 0.2) is 5.82 Å². The highest BCUT2D eigenvalue weighted by atomic mass is 79.9. The van der Waals surface area contributed by atoms with Crippen LogP contribution in [0.1, 0.15) is 5.69 Å². The molecule has 2 aromatic rings. The number of hydrogen-bond donors (Lipinski definition) is 2. The first-order chi connectivity index (χ1) is 9.67. The zero-order valence-electron chi connectivity index (χ0n) is 11.1. The molecule has 9 heteroatoms. The highest BCUT2D eigenvalue weighted by Gasteiger charge is 2.31. The van der Waals surface area contributed by atoms with Crippen molar-refractivity contribution < 1.29 is 17.9 Å². The Kier molecular flexibility index (Phi) is 4.04. The largest absolute Gasteiger partial charge is 0.573 e. The molecule has 5 nitrogen and oxygen atoms in total. The zero-order chi connectivity index (χ0) is 15.8. The Morgan fingerprint density at radius 2 is 2.05 bits per heavy atom. The molecule has 0 saturated carbocycles. The molecule has 0 fully saturated rings. The fourth-order valence-electron chi connectivity index (χ4n) is 1.75. The summed E-state index contributed by atoms with van der Waals surface area (Å²) in [6.45, 7) is 1.76. The first-order valence-electron chi connectivity index (χ1n) is 5.79. The van der Waals surface area contributed by atoms with E-state index in [2.05, 4.69) is 31.1 Å². The predicted molar refractivity (Wildman–Crippen MR) is 76.5 cm³/mol. The summed E-state index contributed by atoms with van der Waals surface area (Å²) >= 11 is 3.04. The third kappa shape index (κ3) is 3.60. The molecule has 0 saturated heterocycles. The first-order valence-corrected chi connectivity index (χ1v) is 6.58. The molecule has 2 rings (SSSR count). The lowest BCUT2D eigenvalue weighted by atomic mass is 10.3. The topological polar surface area (TPSA) is 65.1 Å². The lowest BCUT2D eigenvalue weighted by Gasteiger charge is -2.13. The molecule has 0 amide bonds. The minimum absolute atomic E-state index is 0.169. The molecule has 1 aromatic carbocycles. The van der Waals surface area contributed by atoms with Gasteiger partial charge >= 0.3 is 6.36 Å². The third-order valence-corrected chi connectivity index (χ3v) is 3.31. The lowest BCUT2D eigenvalue weighted by Crippen LogP contribution is -2.17. The molecular formula is C12H12BrF3N4O. The molecule has 3 N–H and O–H groups in total. The maximum absolute atomic E-state index is 12.2. The quantitative estimate of drug-likeness (QED) is 0.870. The van der Waals surface area contributed by atoms with Crippen molar-refractivity contribution in [3.63, 3.8) is 0 Å². The second-order valence-electron chi connectivity index (χ2n) is 4.29. The molecule has 114 valence electrons. The molecule has 21 heavy (non-hydrogen) atoms. The third-order valence-electron chi connectivity index (χ3n) is 2.69. The highest BCUT2D eigenvalue weighted by molar-refractivity contribution is 9.10. The number of nitrogens with zero attached hydrogens (tertiary/aromatic N) is 2. The summed E-state index contributed by atoms with van der Waals surface area (Å²) in [5.74, 6) is 0.242. The standard InChI is InChI=1S/C12H12BrF3N4O/c1-6-10(17)11(20(2)19-6)18-7-3-4-9(8(13)5-7)21-12(14,15)16/h3-5,18H,17H2,1-2H3. The number of nitrogens with one attached hydrogen (secondary N) is 1. The number of rotatable bonds is 3. The Hall–Kier alpha value is -1.90. The summed E-state index contributed by atoms with van der Waals surface area (Å²) in [7, 11) is 1.71. The van der Waals surface area contributed by atoms with Crippen LogP contribution in [-0.2, 0) is 7.05 Å². The molecule has 0 atom stereocenters. The monoisotopic (exact) mass is 364 g/mol. The number of aromatic nitrogens is 2. The Labute approximate surface area is 127 Å². The smallest absolute Gasteiger partial charge is 0.405 e. The van der Waals surface area contributed by atoms with E-state index in [1.807, 2.05) is 0 Å². The number of nitrogens with two attached hydrogens (primary N) is 1. The van der Waals surface area contributed by atoms with Crippen molar-refractivity contribution in [2.75, 3.05) is 11.1 Å². The van der Waals surface area contributed by atoms with Gasteiger partial charge in [0.05, 0.1) is 15.9 Å². The van der Waals surface area contributed by atoms with Crippen LogP contribution in [0.15, 0.2) is 22.7 Å². The van der Waals surface area contributed by atoms with Crippen LogP contribution in [0.5, 0.6) is 5.75 Å². The van der Waals surface area contributed by atoms with Crippen molar-refractivity contribution in [2.45, 2.75) is 13.3 Å². The highest BCUT2D eigenvalue weighted by Crippen LogP contribution is 2.34. The Bertz CT molecular complexity index is 669. The number of nitrogen functional groups attached to an aromatic ring is 1. The van der Waals surface area contributed by atoms with Crippen molar-refractivity contribution in [3.05, 3.63) is 28.4 Å². The van der Waals surface area contributed by atoms with Gasteiger partial charge < -0.3 is 15.8 Å². The van der Waals surface area contributed by atoms with Gasteiger partial charge in [0, 0.05) is 12.7 Å². The maximum Gasteiger partial charge on any atom is 0.573 e. The van der Waals surface area contributed by atoms with Crippen molar-refractivity contribution in [1.29, 1.82) is 0 Å². The Balaban J connectivity index is 2.25. The molecule has 0 spiro atoms. The van der Waals surface area contributed by atoms with Gasteiger partial charge in [-0.15, -0.1) is 13.2 Å². The Morgan fingerprint density at radius 1 is 1.38 bits per heavy atom. The van der Waals surface area contributed by atoms with Gasteiger partial charge in [-0.05, 0) is 41.1 Å². The van der Waals surface area contributed by atoms with Crippen molar-refractivity contribution >= 4 is 33.1 Å². The summed E-state index contributed by atoms with van der Waals surface area (Å²) in [6.07, 6.45) is -4.74. The molecule has 0 radical (unpaired) electrons. The number of anilines is 3. The van der Waals surface area contributed by atoms with Crippen molar-refractivity contribution in [2.24, 2.45) is 7.05 Å². The molecule has 1 heterocycles. The van der Waals surface area contributed by atoms with Gasteiger partial charge in [-0.2, -0.15) is 5.10 Å². The van der Waals surface area contributed by atoms with Gasteiger partial charge in [-0.25, -0.2) is 0 Å². The number of halogens is 4. The normalized spacial score (nSPS) is 11.5. The summed E-state index contributed by atoms with van der Waals surface area (Å²) in [4.78, 5) is 0. The van der Waals surface area contributed by atoms with E-state index in [1.165, 1.54) is 18.2 Å². The van der Waals surface area contributed by atoms with Crippen LogP contribution in [0.3, 0.4) is 0 Å². The maximum atomic E-state index is 12.2. The summed E-state index contributed by atoms with van der Waals surface area (Å²) in [5, 5.41) is 7.14. The van der Waals surface area contributed by atoms with Gasteiger partial charge in [0.25, 0.3) is 0 Å². The van der Waals surface area contributed by atoms with E-state index in [0.29, 0.717) is 22.9 Å². The van der Waals surface area contributed by atoms with E-state index in [-0.39, 0.29) is 10.2 Å². The van der Waals surface area contributed by atoms with Gasteiger partial charge in [-0.3, -0.25) is 4.68 Å².